The standard InChI is InChI=1S/C16H22ClNO2/c1-13(14-4-6-15(17)7-5-14)18(2)10-16(11-19)8-3-9-20-12-16/h4-7,11,13H,3,8-10,12H2,1-2H3. The Morgan fingerprint density at radius 3 is 2.70 bits per heavy atom. The van der Waals surface area contributed by atoms with E-state index in [0.717, 1.165) is 37.3 Å². The fourth-order valence-corrected chi connectivity index (χ4v) is 2.88. The molecule has 1 fully saturated rings. The summed E-state index contributed by atoms with van der Waals surface area (Å²) in [6.45, 7) is 4.17. The fourth-order valence-electron chi connectivity index (χ4n) is 2.76. The summed E-state index contributed by atoms with van der Waals surface area (Å²) in [5.74, 6) is 0. The largest absolute Gasteiger partial charge is 0.380 e. The van der Waals surface area contributed by atoms with E-state index in [1.165, 1.54) is 5.56 Å². The molecule has 3 nitrogen and oxygen atoms in total. The molecule has 0 bridgehead atoms. The molecule has 0 saturated carbocycles. The molecule has 1 aliphatic rings. The van der Waals surface area contributed by atoms with Crippen LogP contribution in [0.2, 0.25) is 5.02 Å². The van der Waals surface area contributed by atoms with Crippen molar-refractivity contribution < 1.29 is 9.53 Å². The molecule has 0 radical (unpaired) electrons. The van der Waals surface area contributed by atoms with Crippen molar-refractivity contribution in [3.05, 3.63) is 34.9 Å². The normalized spacial score (nSPS) is 24.6. The van der Waals surface area contributed by atoms with Crippen LogP contribution in [0.3, 0.4) is 0 Å². The summed E-state index contributed by atoms with van der Waals surface area (Å²) in [7, 11) is 2.05. The van der Waals surface area contributed by atoms with Crippen molar-refractivity contribution in [3.8, 4) is 0 Å². The maximum atomic E-state index is 11.5. The number of hydrogen-bond donors (Lipinski definition) is 0. The van der Waals surface area contributed by atoms with E-state index < -0.39 is 0 Å². The predicted octanol–water partition coefficient (Wildman–Crippen LogP) is 3.33. The van der Waals surface area contributed by atoms with Gasteiger partial charge in [-0.15, -0.1) is 0 Å². The van der Waals surface area contributed by atoms with Gasteiger partial charge in [0, 0.05) is 24.2 Å². The van der Waals surface area contributed by atoms with E-state index in [2.05, 4.69) is 18.9 Å². The molecule has 2 rings (SSSR count). The zero-order valence-electron chi connectivity index (χ0n) is 12.1. The summed E-state index contributed by atoms with van der Waals surface area (Å²) >= 11 is 5.92. The van der Waals surface area contributed by atoms with E-state index >= 15 is 0 Å². The van der Waals surface area contributed by atoms with Gasteiger partial charge >= 0.3 is 0 Å². The quantitative estimate of drug-likeness (QED) is 0.781. The number of benzene rings is 1. The lowest BCUT2D eigenvalue weighted by Crippen LogP contribution is -2.43. The van der Waals surface area contributed by atoms with Crippen molar-refractivity contribution in [2.75, 3.05) is 26.8 Å². The minimum atomic E-state index is -0.353. The minimum Gasteiger partial charge on any atom is -0.380 e. The fraction of sp³-hybridized carbons (Fsp3) is 0.562. The van der Waals surface area contributed by atoms with Crippen LogP contribution in [0.5, 0.6) is 0 Å². The van der Waals surface area contributed by atoms with E-state index in [1.807, 2.05) is 24.3 Å². The highest BCUT2D eigenvalue weighted by molar-refractivity contribution is 6.30. The van der Waals surface area contributed by atoms with E-state index in [1.54, 1.807) is 0 Å². The number of carbonyl (C=O) groups excluding carboxylic acids is 1. The number of ether oxygens (including phenoxy) is 1. The first-order valence-electron chi connectivity index (χ1n) is 7.06. The van der Waals surface area contributed by atoms with Gasteiger partial charge in [0.05, 0.1) is 12.0 Å². The average Bonchev–Trinajstić information content (AvgIpc) is 2.48. The Labute approximate surface area is 125 Å². The van der Waals surface area contributed by atoms with Crippen LogP contribution in [0, 0.1) is 5.41 Å². The Morgan fingerprint density at radius 1 is 1.45 bits per heavy atom. The van der Waals surface area contributed by atoms with Crippen LogP contribution in [-0.4, -0.2) is 38.0 Å². The number of halogens is 1. The Morgan fingerprint density at radius 2 is 2.15 bits per heavy atom. The molecule has 0 amide bonds. The molecule has 1 saturated heterocycles. The number of aldehydes is 1. The third kappa shape index (κ3) is 3.60. The van der Waals surface area contributed by atoms with Gasteiger partial charge in [0.2, 0.25) is 0 Å². The molecule has 0 aromatic heterocycles. The molecule has 1 heterocycles. The third-order valence-electron chi connectivity index (χ3n) is 4.18. The summed E-state index contributed by atoms with van der Waals surface area (Å²) in [6, 6.07) is 8.12. The average molecular weight is 296 g/mol. The van der Waals surface area contributed by atoms with Gasteiger partial charge in [0.25, 0.3) is 0 Å². The van der Waals surface area contributed by atoms with Crippen LogP contribution < -0.4 is 0 Å². The lowest BCUT2D eigenvalue weighted by atomic mass is 9.83. The molecule has 0 N–H and O–H groups in total. The summed E-state index contributed by atoms with van der Waals surface area (Å²) in [5, 5.41) is 0.744. The lowest BCUT2D eigenvalue weighted by Gasteiger charge is -2.37. The van der Waals surface area contributed by atoms with Crippen molar-refractivity contribution in [2.24, 2.45) is 5.41 Å². The second kappa shape index (κ2) is 6.70. The highest BCUT2D eigenvalue weighted by Crippen LogP contribution is 2.30. The minimum absolute atomic E-state index is 0.242. The molecule has 2 unspecified atom stereocenters. The molecule has 110 valence electrons. The van der Waals surface area contributed by atoms with E-state index in [4.69, 9.17) is 16.3 Å². The Balaban J connectivity index is 2.04. The maximum Gasteiger partial charge on any atom is 0.129 e. The highest BCUT2D eigenvalue weighted by Gasteiger charge is 2.34. The van der Waals surface area contributed by atoms with E-state index in [-0.39, 0.29) is 11.5 Å². The van der Waals surface area contributed by atoms with Gasteiger partial charge < -0.3 is 9.53 Å². The lowest BCUT2D eigenvalue weighted by molar-refractivity contribution is -0.125. The molecular formula is C16H22ClNO2. The van der Waals surface area contributed by atoms with Crippen molar-refractivity contribution >= 4 is 17.9 Å². The Kier molecular flexibility index (Phi) is 5.19. The summed E-state index contributed by atoms with van der Waals surface area (Å²) in [5.41, 5.74) is 0.850. The second-order valence-electron chi connectivity index (χ2n) is 5.78. The molecule has 1 aromatic carbocycles. The van der Waals surface area contributed by atoms with E-state index in [9.17, 15) is 4.79 Å². The smallest absolute Gasteiger partial charge is 0.129 e. The monoisotopic (exact) mass is 295 g/mol. The number of hydrogen-bond acceptors (Lipinski definition) is 3. The topological polar surface area (TPSA) is 29.5 Å². The van der Waals surface area contributed by atoms with Crippen molar-refractivity contribution in [3.63, 3.8) is 0 Å². The molecule has 4 heteroatoms. The Bertz CT molecular complexity index is 440. The van der Waals surface area contributed by atoms with Gasteiger partial charge in [-0.05, 0) is 44.5 Å². The summed E-state index contributed by atoms with van der Waals surface area (Å²) in [4.78, 5) is 13.7. The molecular weight excluding hydrogens is 274 g/mol. The van der Waals surface area contributed by atoms with Gasteiger partial charge in [0.1, 0.15) is 6.29 Å². The van der Waals surface area contributed by atoms with Crippen LogP contribution in [0.25, 0.3) is 0 Å². The molecule has 0 aliphatic carbocycles. The third-order valence-corrected chi connectivity index (χ3v) is 4.43. The van der Waals surface area contributed by atoms with Crippen molar-refractivity contribution in [1.82, 2.24) is 4.90 Å². The molecule has 1 aromatic rings. The van der Waals surface area contributed by atoms with Crippen LogP contribution in [0.4, 0.5) is 0 Å². The molecule has 1 aliphatic heterocycles. The molecule has 0 spiro atoms. The van der Waals surface area contributed by atoms with Gasteiger partial charge in [-0.3, -0.25) is 4.90 Å². The van der Waals surface area contributed by atoms with Crippen molar-refractivity contribution in [1.29, 1.82) is 0 Å². The zero-order valence-corrected chi connectivity index (χ0v) is 12.9. The maximum absolute atomic E-state index is 11.5. The summed E-state index contributed by atoms with van der Waals surface area (Å²) in [6.07, 6.45) is 2.95. The van der Waals surface area contributed by atoms with Gasteiger partial charge in [-0.25, -0.2) is 0 Å². The number of nitrogens with zero attached hydrogens (tertiary/aromatic N) is 1. The number of rotatable bonds is 5. The number of carbonyl (C=O) groups is 1. The second-order valence-corrected chi connectivity index (χ2v) is 6.22. The van der Waals surface area contributed by atoms with Crippen molar-refractivity contribution in [2.45, 2.75) is 25.8 Å². The van der Waals surface area contributed by atoms with Crippen LogP contribution >= 0.6 is 11.6 Å². The zero-order chi connectivity index (χ0) is 14.6. The van der Waals surface area contributed by atoms with Gasteiger partial charge in [-0.2, -0.15) is 0 Å². The van der Waals surface area contributed by atoms with E-state index in [0.29, 0.717) is 6.61 Å². The predicted molar refractivity (Wildman–Crippen MR) is 81.0 cm³/mol. The SMILES string of the molecule is CC(c1ccc(Cl)cc1)N(C)CC1(C=O)CCCOC1. The Hall–Kier alpha value is -0.900. The molecule has 20 heavy (non-hydrogen) atoms. The first-order valence-corrected chi connectivity index (χ1v) is 7.44. The van der Waals surface area contributed by atoms with Crippen LogP contribution in [-0.2, 0) is 9.53 Å². The van der Waals surface area contributed by atoms with Crippen LogP contribution in [0.1, 0.15) is 31.4 Å². The van der Waals surface area contributed by atoms with Gasteiger partial charge in [0.15, 0.2) is 0 Å². The first-order chi connectivity index (χ1) is 9.56. The first kappa shape index (κ1) is 15.5. The van der Waals surface area contributed by atoms with Gasteiger partial charge in [-0.1, -0.05) is 23.7 Å². The molecule has 2 atom stereocenters. The highest BCUT2D eigenvalue weighted by atomic mass is 35.5. The van der Waals surface area contributed by atoms with Crippen LogP contribution in [0.15, 0.2) is 24.3 Å². The summed E-state index contributed by atoms with van der Waals surface area (Å²) < 4.78 is 5.50.